The molecular weight excluding hydrogens is 379 g/mol. The minimum Gasteiger partial charge on any atom is -0.326 e. The van der Waals surface area contributed by atoms with Gasteiger partial charge >= 0.3 is 0 Å². The molecule has 0 aromatic heterocycles. The van der Waals surface area contributed by atoms with Crippen LogP contribution >= 0.6 is 0 Å². The summed E-state index contributed by atoms with van der Waals surface area (Å²) in [6.45, 7) is 4.58. The van der Waals surface area contributed by atoms with E-state index in [1.54, 1.807) is 0 Å². The molecule has 0 spiro atoms. The Morgan fingerprint density at radius 3 is 2.36 bits per heavy atom. The number of nitrogens with zero attached hydrogens (tertiary/aromatic N) is 1. The third kappa shape index (κ3) is 4.97. The van der Waals surface area contributed by atoms with Crippen LogP contribution in [0.2, 0.25) is 0 Å². The number of halogens is 1. The van der Waals surface area contributed by atoms with Gasteiger partial charge in [0.15, 0.2) is 0 Å². The Morgan fingerprint density at radius 2 is 1.75 bits per heavy atom. The third-order valence-corrected chi connectivity index (χ3v) is 6.97. The van der Waals surface area contributed by atoms with E-state index < -0.39 is 15.8 Å². The van der Waals surface area contributed by atoms with Crippen LogP contribution in [0.5, 0.6) is 0 Å². The fourth-order valence-corrected chi connectivity index (χ4v) is 5.03. The molecule has 0 saturated carbocycles. The number of aryl methyl sites for hydroxylation is 2. The van der Waals surface area contributed by atoms with Crippen LogP contribution in [0.4, 0.5) is 10.1 Å². The van der Waals surface area contributed by atoms with Crippen molar-refractivity contribution >= 4 is 21.6 Å². The minimum atomic E-state index is -3.49. The Labute approximate surface area is 165 Å². The Morgan fingerprint density at radius 1 is 1.11 bits per heavy atom. The van der Waals surface area contributed by atoms with Crippen LogP contribution in [0.25, 0.3) is 0 Å². The minimum absolute atomic E-state index is 0.0671. The molecule has 7 heteroatoms. The van der Waals surface area contributed by atoms with Crippen LogP contribution < -0.4 is 5.32 Å². The Hall–Kier alpha value is -2.25. The van der Waals surface area contributed by atoms with E-state index >= 15 is 0 Å². The maximum Gasteiger partial charge on any atom is 0.227 e. The number of amides is 1. The highest BCUT2D eigenvalue weighted by molar-refractivity contribution is 7.88. The highest BCUT2D eigenvalue weighted by Crippen LogP contribution is 2.24. The summed E-state index contributed by atoms with van der Waals surface area (Å²) in [5, 5.41) is 2.96. The highest BCUT2D eigenvalue weighted by atomic mass is 32.2. The van der Waals surface area contributed by atoms with E-state index in [4.69, 9.17) is 0 Å². The van der Waals surface area contributed by atoms with Crippen LogP contribution in [0.3, 0.4) is 0 Å². The van der Waals surface area contributed by atoms with Crippen molar-refractivity contribution in [3.05, 3.63) is 65.0 Å². The van der Waals surface area contributed by atoms with E-state index in [1.807, 2.05) is 32.0 Å². The van der Waals surface area contributed by atoms with Crippen LogP contribution in [-0.4, -0.2) is 31.7 Å². The van der Waals surface area contributed by atoms with Gasteiger partial charge in [0.2, 0.25) is 15.9 Å². The van der Waals surface area contributed by atoms with Crippen LogP contribution in [0.15, 0.2) is 42.5 Å². The van der Waals surface area contributed by atoms with E-state index in [9.17, 15) is 17.6 Å². The molecular formula is C21H25FN2O3S. The monoisotopic (exact) mass is 404 g/mol. The lowest BCUT2D eigenvalue weighted by Crippen LogP contribution is -2.41. The largest absolute Gasteiger partial charge is 0.326 e. The number of hydrogen-bond acceptors (Lipinski definition) is 3. The average molecular weight is 405 g/mol. The molecule has 1 N–H and O–H groups in total. The Balaban J connectivity index is 1.57. The molecule has 28 heavy (non-hydrogen) atoms. The summed E-state index contributed by atoms with van der Waals surface area (Å²) < 4.78 is 39.7. The van der Waals surface area contributed by atoms with Crippen molar-refractivity contribution in [3.8, 4) is 0 Å². The second kappa shape index (κ2) is 8.41. The molecule has 2 aromatic rings. The molecule has 2 aromatic carbocycles. The number of benzene rings is 2. The first-order valence-corrected chi connectivity index (χ1v) is 11.0. The van der Waals surface area contributed by atoms with E-state index in [0.29, 0.717) is 31.5 Å². The van der Waals surface area contributed by atoms with Crippen molar-refractivity contribution in [3.63, 3.8) is 0 Å². The van der Waals surface area contributed by atoms with Gasteiger partial charge in [-0.15, -0.1) is 0 Å². The number of nitrogens with one attached hydrogen (secondary N) is 1. The molecule has 0 radical (unpaired) electrons. The van der Waals surface area contributed by atoms with Crippen molar-refractivity contribution in [2.75, 3.05) is 18.4 Å². The number of anilines is 1. The van der Waals surface area contributed by atoms with Gasteiger partial charge in [-0.25, -0.2) is 17.1 Å². The molecule has 1 fully saturated rings. The van der Waals surface area contributed by atoms with Gasteiger partial charge in [0, 0.05) is 24.7 Å². The van der Waals surface area contributed by atoms with Gasteiger partial charge < -0.3 is 5.32 Å². The number of rotatable bonds is 5. The van der Waals surface area contributed by atoms with Crippen molar-refractivity contribution in [2.24, 2.45) is 5.92 Å². The van der Waals surface area contributed by atoms with Gasteiger partial charge in [0.05, 0.1) is 5.75 Å². The first-order chi connectivity index (χ1) is 13.2. The molecule has 150 valence electrons. The summed E-state index contributed by atoms with van der Waals surface area (Å²) >= 11 is 0. The molecule has 1 amide bonds. The normalized spacial score (nSPS) is 16.1. The highest BCUT2D eigenvalue weighted by Gasteiger charge is 2.31. The molecule has 0 bridgehead atoms. The smallest absolute Gasteiger partial charge is 0.227 e. The summed E-state index contributed by atoms with van der Waals surface area (Å²) in [5.41, 5.74) is 3.49. The topological polar surface area (TPSA) is 66.5 Å². The fourth-order valence-electron chi connectivity index (χ4n) is 3.47. The van der Waals surface area contributed by atoms with E-state index in [1.165, 1.54) is 28.6 Å². The zero-order valence-corrected chi connectivity index (χ0v) is 16.9. The summed E-state index contributed by atoms with van der Waals surface area (Å²) in [6, 6.07) is 11.3. The molecule has 3 rings (SSSR count). The van der Waals surface area contributed by atoms with Crippen LogP contribution in [-0.2, 0) is 20.6 Å². The quantitative estimate of drug-likeness (QED) is 0.828. The molecule has 5 nitrogen and oxygen atoms in total. The lowest BCUT2D eigenvalue weighted by molar-refractivity contribution is -0.120. The molecule has 1 saturated heterocycles. The van der Waals surface area contributed by atoms with Gasteiger partial charge in [-0.2, -0.15) is 0 Å². The summed E-state index contributed by atoms with van der Waals surface area (Å²) in [4.78, 5) is 12.6. The number of hydrogen-bond donors (Lipinski definition) is 1. The fraction of sp³-hybridized carbons (Fsp3) is 0.381. The van der Waals surface area contributed by atoms with E-state index in [2.05, 4.69) is 5.32 Å². The lowest BCUT2D eigenvalue weighted by atomic mass is 9.97. The zero-order chi connectivity index (χ0) is 20.3. The molecule has 1 aliphatic heterocycles. The number of carbonyl (C=O) groups excluding carboxylic acids is 1. The predicted octanol–water partition coefficient (Wildman–Crippen LogP) is 3.62. The molecule has 0 atom stereocenters. The maximum atomic E-state index is 13.0. The lowest BCUT2D eigenvalue weighted by Gasteiger charge is -2.30. The second-order valence-corrected chi connectivity index (χ2v) is 9.33. The van der Waals surface area contributed by atoms with Crippen molar-refractivity contribution < 1.29 is 17.6 Å². The number of carbonyl (C=O) groups is 1. The maximum absolute atomic E-state index is 13.0. The van der Waals surface area contributed by atoms with Crippen LogP contribution in [0.1, 0.15) is 29.5 Å². The SMILES string of the molecule is Cc1ccc(NC(=O)C2CCN(S(=O)(=O)Cc3ccc(F)cc3)CC2)c(C)c1. The molecule has 0 unspecified atom stereocenters. The molecule has 0 aliphatic carbocycles. The molecule has 1 aliphatic rings. The third-order valence-electron chi connectivity index (χ3n) is 5.12. The zero-order valence-electron chi connectivity index (χ0n) is 16.1. The van der Waals surface area contributed by atoms with Gasteiger partial charge in [-0.05, 0) is 56.0 Å². The van der Waals surface area contributed by atoms with Gasteiger partial charge in [-0.1, -0.05) is 29.8 Å². The summed E-state index contributed by atoms with van der Waals surface area (Å²) in [7, 11) is -3.49. The molecule has 1 heterocycles. The first kappa shape index (κ1) is 20.5. The summed E-state index contributed by atoms with van der Waals surface area (Å²) in [5.74, 6) is -0.829. The van der Waals surface area contributed by atoms with Gasteiger partial charge in [0.25, 0.3) is 0 Å². The first-order valence-electron chi connectivity index (χ1n) is 9.35. The standard InChI is InChI=1S/C21H25FN2O3S/c1-15-3-8-20(16(2)13-15)23-21(25)18-9-11-24(12-10-18)28(26,27)14-17-4-6-19(22)7-5-17/h3-8,13,18H,9-12,14H2,1-2H3,(H,23,25). The van der Waals surface area contributed by atoms with Crippen molar-refractivity contribution in [1.82, 2.24) is 4.31 Å². The predicted molar refractivity (Wildman–Crippen MR) is 108 cm³/mol. The van der Waals surface area contributed by atoms with E-state index in [-0.39, 0.29) is 17.6 Å². The summed E-state index contributed by atoms with van der Waals surface area (Å²) in [6.07, 6.45) is 0.971. The number of piperidine rings is 1. The Kier molecular flexibility index (Phi) is 6.15. The van der Waals surface area contributed by atoms with Crippen LogP contribution in [0, 0.1) is 25.6 Å². The average Bonchev–Trinajstić information content (AvgIpc) is 2.66. The number of sulfonamides is 1. The van der Waals surface area contributed by atoms with Gasteiger partial charge in [-0.3, -0.25) is 4.79 Å². The van der Waals surface area contributed by atoms with Gasteiger partial charge in [0.1, 0.15) is 5.82 Å². The Bertz CT molecular complexity index is 950. The van der Waals surface area contributed by atoms with Crippen molar-refractivity contribution in [2.45, 2.75) is 32.4 Å². The van der Waals surface area contributed by atoms with Crippen molar-refractivity contribution in [1.29, 1.82) is 0 Å². The van der Waals surface area contributed by atoms with E-state index in [0.717, 1.165) is 16.8 Å². The second-order valence-electron chi connectivity index (χ2n) is 7.36.